The van der Waals surface area contributed by atoms with Crippen LogP contribution in [0.2, 0.25) is 0 Å². The fourth-order valence-electron chi connectivity index (χ4n) is 3.49. The zero-order valence-electron chi connectivity index (χ0n) is 19.2. The van der Waals surface area contributed by atoms with Crippen molar-refractivity contribution in [2.24, 2.45) is 0 Å². The smallest absolute Gasteiger partial charge is 0.234 e. The van der Waals surface area contributed by atoms with E-state index < -0.39 is 6.10 Å². The van der Waals surface area contributed by atoms with Crippen molar-refractivity contribution in [2.45, 2.75) is 51.4 Å². The molecule has 0 aliphatic heterocycles. The maximum Gasteiger partial charge on any atom is 0.234 e. The van der Waals surface area contributed by atoms with Gasteiger partial charge in [0.1, 0.15) is 11.6 Å². The molecule has 3 aromatic rings. The Hall–Kier alpha value is -3.13. The second-order valence-corrected chi connectivity index (χ2v) is 8.39. The number of carbonyl (C=O) groups is 1. The lowest BCUT2D eigenvalue weighted by Crippen LogP contribution is -2.17. The van der Waals surface area contributed by atoms with Crippen LogP contribution in [0.5, 0.6) is 5.75 Å². The van der Waals surface area contributed by atoms with Gasteiger partial charge in [-0.1, -0.05) is 49.9 Å². The molecular formula is C25H29FN4O2S. The van der Waals surface area contributed by atoms with Gasteiger partial charge < -0.3 is 10.1 Å². The molecule has 0 fully saturated rings. The molecule has 2 aromatic carbocycles. The number of thioether (sulfide) groups is 1. The lowest BCUT2D eigenvalue weighted by molar-refractivity contribution is -0.113. The van der Waals surface area contributed by atoms with Crippen LogP contribution >= 0.6 is 11.8 Å². The lowest BCUT2D eigenvalue weighted by atomic mass is 10.0. The fraction of sp³-hybridized carbons (Fsp3) is 0.320. The zero-order valence-corrected chi connectivity index (χ0v) is 20.0. The van der Waals surface area contributed by atoms with Crippen LogP contribution in [0.3, 0.4) is 0 Å². The molecule has 1 N–H and O–H groups in total. The maximum absolute atomic E-state index is 13.2. The summed E-state index contributed by atoms with van der Waals surface area (Å²) in [5, 5.41) is 12.2. The molecule has 0 aliphatic carbocycles. The minimum atomic E-state index is -0.422. The van der Waals surface area contributed by atoms with Crippen LogP contribution in [0.15, 0.2) is 60.3 Å². The number of hydrogen-bond donors (Lipinski definition) is 1. The molecule has 0 bridgehead atoms. The summed E-state index contributed by atoms with van der Waals surface area (Å²) >= 11 is 1.31. The lowest BCUT2D eigenvalue weighted by Gasteiger charge is -2.16. The highest BCUT2D eigenvalue weighted by Crippen LogP contribution is 2.26. The number of nitrogens with zero attached hydrogens (tertiary/aromatic N) is 3. The Balaban J connectivity index is 1.70. The van der Waals surface area contributed by atoms with Crippen molar-refractivity contribution in [2.75, 3.05) is 11.1 Å². The average molecular weight is 469 g/mol. The summed E-state index contributed by atoms with van der Waals surface area (Å²) in [6.45, 7) is 10.3. The van der Waals surface area contributed by atoms with Gasteiger partial charge in [0.25, 0.3) is 0 Å². The van der Waals surface area contributed by atoms with E-state index in [1.807, 2.05) is 29.7 Å². The van der Waals surface area contributed by atoms with Crippen LogP contribution in [-0.4, -0.2) is 26.4 Å². The topological polar surface area (TPSA) is 69.0 Å². The summed E-state index contributed by atoms with van der Waals surface area (Å²) in [5.41, 5.74) is 3.15. The molecule has 174 valence electrons. The van der Waals surface area contributed by atoms with Crippen LogP contribution in [0, 0.1) is 5.82 Å². The van der Waals surface area contributed by atoms with Gasteiger partial charge in [-0.3, -0.25) is 9.36 Å². The van der Waals surface area contributed by atoms with Crippen LogP contribution in [0.4, 0.5) is 10.1 Å². The maximum atomic E-state index is 13.2. The Labute approximate surface area is 198 Å². The first-order valence-corrected chi connectivity index (χ1v) is 11.9. The number of ether oxygens (including phenoxy) is 1. The largest absolute Gasteiger partial charge is 0.483 e. The number of aromatic nitrogens is 3. The molecule has 6 nitrogen and oxygen atoms in total. The minimum absolute atomic E-state index is 0.0964. The number of aryl methyl sites for hydroxylation is 2. The van der Waals surface area contributed by atoms with Gasteiger partial charge in [0.2, 0.25) is 5.91 Å². The van der Waals surface area contributed by atoms with Crippen molar-refractivity contribution >= 4 is 23.4 Å². The zero-order chi connectivity index (χ0) is 23.8. The van der Waals surface area contributed by atoms with E-state index in [0.29, 0.717) is 23.3 Å². The molecule has 1 unspecified atom stereocenters. The number of para-hydroxylation sites is 1. The number of anilines is 1. The SMILES string of the molecule is C=CCn1c(SCC(=O)Nc2c(CC)cccc2CC)nnc1C(C)Oc1ccc(F)cc1. The van der Waals surface area contributed by atoms with Gasteiger partial charge in [-0.25, -0.2) is 4.39 Å². The minimum Gasteiger partial charge on any atom is -0.483 e. The van der Waals surface area contributed by atoms with Gasteiger partial charge in [0.15, 0.2) is 17.1 Å². The van der Waals surface area contributed by atoms with E-state index in [9.17, 15) is 9.18 Å². The highest BCUT2D eigenvalue weighted by Gasteiger charge is 2.20. The van der Waals surface area contributed by atoms with E-state index in [1.54, 1.807) is 18.2 Å². The Morgan fingerprint density at radius 1 is 1.18 bits per heavy atom. The molecule has 0 radical (unpaired) electrons. The monoisotopic (exact) mass is 468 g/mol. The molecule has 8 heteroatoms. The number of benzene rings is 2. The first-order chi connectivity index (χ1) is 16.0. The summed E-state index contributed by atoms with van der Waals surface area (Å²) in [5.74, 6) is 0.915. The van der Waals surface area contributed by atoms with Crippen molar-refractivity contribution in [3.63, 3.8) is 0 Å². The van der Waals surface area contributed by atoms with Crippen molar-refractivity contribution < 1.29 is 13.9 Å². The molecule has 33 heavy (non-hydrogen) atoms. The molecular weight excluding hydrogens is 439 g/mol. The second-order valence-electron chi connectivity index (χ2n) is 7.45. The number of hydrogen-bond acceptors (Lipinski definition) is 5. The van der Waals surface area contributed by atoms with E-state index in [2.05, 4.69) is 35.9 Å². The van der Waals surface area contributed by atoms with Crippen molar-refractivity contribution in [1.29, 1.82) is 0 Å². The van der Waals surface area contributed by atoms with Gasteiger partial charge in [-0.15, -0.1) is 16.8 Å². The Morgan fingerprint density at radius 3 is 2.45 bits per heavy atom. The van der Waals surface area contributed by atoms with Crippen LogP contribution in [0.25, 0.3) is 0 Å². The van der Waals surface area contributed by atoms with Crippen molar-refractivity contribution in [3.05, 3.63) is 77.9 Å². The molecule has 0 saturated heterocycles. The van der Waals surface area contributed by atoms with E-state index in [1.165, 1.54) is 23.9 Å². The van der Waals surface area contributed by atoms with Crippen LogP contribution in [-0.2, 0) is 24.2 Å². The quantitative estimate of drug-likeness (QED) is 0.293. The third-order valence-electron chi connectivity index (χ3n) is 5.14. The van der Waals surface area contributed by atoms with E-state index in [4.69, 9.17) is 4.74 Å². The number of rotatable bonds is 11. The first kappa shape index (κ1) is 24.5. The van der Waals surface area contributed by atoms with Crippen LogP contribution in [0.1, 0.15) is 43.8 Å². The van der Waals surface area contributed by atoms with E-state index >= 15 is 0 Å². The van der Waals surface area contributed by atoms with Gasteiger partial charge in [0, 0.05) is 12.2 Å². The summed E-state index contributed by atoms with van der Waals surface area (Å²) in [7, 11) is 0. The standard InChI is InChI=1S/C25H29FN4O2S/c1-5-15-30-24(17(4)32-21-13-11-20(26)12-14-21)28-29-25(30)33-16-22(31)27-23-18(6-2)9-8-10-19(23)7-3/h5,8-14,17H,1,6-7,15-16H2,2-4H3,(H,27,31). The highest BCUT2D eigenvalue weighted by molar-refractivity contribution is 7.99. The molecule has 0 spiro atoms. The fourth-order valence-corrected chi connectivity index (χ4v) is 4.24. The molecule has 3 rings (SSSR count). The van der Waals surface area contributed by atoms with Gasteiger partial charge >= 0.3 is 0 Å². The molecule has 1 amide bonds. The molecule has 1 heterocycles. The van der Waals surface area contributed by atoms with Crippen LogP contribution < -0.4 is 10.1 Å². The normalized spacial score (nSPS) is 11.8. The average Bonchev–Trinajstić information content (AvgIpc) is 3.22. The molecule has 0 aliphatic rings. The highest BCUT2D eigenvalue weighted by atomic mass is 32.2. The number of amides is 1. The third kappa shape index (κ3) is 6.22. The summed E-state index contributed by atoms with van der Waals surface area (Å²) in [4.78, 5) is 12.7. The predicted molar refractivity (Wildman–Crippen MR) is 130 cm³/mol. The molecule has 0 saturated carbocycles. The molecule has 1 atom stereocenters. The second kappa shape index (κ2) is 11.7. The first-order valence-electron chi connectivity index (χ1n) is 11.0. The number of allylic oxidation sites excluding steroid dienone is 1. The molecule has 1 aromatic heterocycles. The number of halogens is 1. The Kier molecular flexibility index (Phi) is 8.65. The van der Waals surface area contributed by atoms with Gasteiger partial charge in [0.05, 0.1) is 5.75 Å². The van der Waals surface area contributed by atoms with Crippen molar-refractivity contribution in [1.82, 2.24) is 14.8 Å². The van der Waals surface area contributed by atoms with E-state index in [-0.39, 0.29) is 17.5 Å². The van der Waals surface area contributed by atoms with Crippen molar-refractivity contribution in [3.8, 4) is 5.75 Å². The Morgan fingerprint density at radius 2 is 1.85 bits per heavy atom. The predicted octanol–water partition coefficient (Wildman–Crippen LogP) is 5.60. The summed E-state index contributed by atoms with van der Waals surface area (Å²) in [6.07, 6.45) is 3.01. The summed E-state index contributed by atoms with van der Waals surface area (Å²) in [6, 6.07) is 11.9. The number of nitrogens with one attached hydrogen (secondary N) is 1. The third-order valence-corrected chi connectivity index (χ3v) is 6.11. The number of carbonyl (C=O) groups excluding carboxylic acids is 1. The summed E-state index contributed by atoms with van der Waals surface area (Å²) < 4.78 is 20.9. The van der Waals surface area contributed by atoms with E-state index in [0.717, 1.165) is 29.7 Å². The van der Waals surface area contributed by atoms with Gasteiger partial charge in [-0.05, 0) is 55.2 Å². The Bertz CT molecular complexity index is 1080. The van der Waals surface area contributed by atoms with Gasteiger partial charge in [-0.2, -0.15) is 0 Å².